The molecule has 0 aromatic carbocycles. The van der Waals surface area contributed by atoms with Gasteiger partial charge in [0.05, 0.1) is 16.9 Å². The number of aryl methyl sites for hydroxylation is 2. The SMILES string of the molecule is Cc1nn(C)c(C(=O)NC(C)(C)c2nccs2)c1N. The Morgan fingerprint density at radius 1 is 1.53 bits per heavy atom. The Hall–Kier alpha value is -1.89. The number of rotatable bonds is 3. The number of nitrogens with zero attached hydrogens (tertiary/aromatic N) is 3. The average Bonchev–Trinajstić information content (AvgIpc) is 2.88. The molecule has 19 heavy (non-hydrogen) atoms. The summed E-state index contributed by atoms with van der Waals surface area (Å²) in [6.07, 6.45) is 1.72. The molecule has 6 nitrogen and oxygen atoms in total. The molecule has 2 aromatic heterocycles. The van der Waals surface area contributed by atoms with Crippen LogP contribution >= 0.6 is 11.3 Å². The van der Waals surface area contributed by atoms with Gasteiger partial charge in [-0.1, -0.05) is 0 Å². The van der Waals surface area contributed by atoms with Gasteiger partial charge < -0.3 is 11.1 Å². The van der Waals surface area contributed by atoms with Crippen LogP contribution in [0.1, 0.15) is 35.0 Å². The Balaban J connectivity index is 2.27. The van der Waals surface area contributed by atoms with Crippen LogP contribution in [0.15, 0.2) is 11.6 Å². The number of thiazole rings is 1. The molecule has 0 fully saturated rings. The number of nitrogens with two attached hydrogens (primary N) is 1. The van der Waals surface area contributed by atoms with Crippen molar-refractivity contribution in [3.05, 3.63) is 28.0 Å². The number of hydrogen-bond acceptors (Lipinski definition) is 5. The zero-order valence-electron chi connectivity index (χ0n) is 11.4. The van der Waals surface area contributed by atoms with Crippen LogP contribution in [-0.2, 0) is 12.6 Å². The molecule has 102 valence electrons. The predicted molar refractivity (Wildman–Crippen MR) is 75.0 cm³/mol. The van der Waals surface area contributed by atoms with Crippen LogP contribution in [-0.4, -0.2) is 20.7 Å². The minimum Gasteiger partial charge on any atom is -0.395 e. The number of aromatic nitrogens is 3. The van der Waals surface area contributed by atoms with Crippen molar-refractivity contribution in [3.8, 4) is 0 Å². The van der Waals surface area contributed by atoms with Gasteiger partial charge in [-0.15, -0.1) is 11.3 Å². The topological polar surface area (TPSA) is 85.8 Å². The van der Waals surface area contributed by atoms with Crippen molar-refractivity contribution >= 4 is 22.9 Å². The highest BCUT2D eigenvalue weighted by Gasteiger charge is 2.28. The molecule has 0 aliphatic carbocycles. The molecule has 0 spiro atoms. The van der Waals surface area contributed by atoms with Crippen molar-refractivity contribution < 1.29 is 4.79 Å². The Morgan fingerprint density at radius 2 is 2.21 bits per heavy atom. The third-order valence-corrected chi connectivity index (χ3v) is 3.97. The van der Waals surface area contributed by atoms with E-state index in [4.69, 9.17) is 5.73 Å². The number of amides is 1. The smallest absolute Gasteiger partial charge is 0.272 e. The third-order valence-electron chi connectivity index (χ3n) is 2.88. The Labute approximate surface area is 115 Å². The van der Waals surface area contributed by atoms with Gasteiger partial charge in [0.1, 0.15) is 10.7 Å². The third kappa shape index (κ3) is 2.46. The number of anilines is 1. The van der Waals surface area contributed by atoms with E-state index in [0.717, 1.165) is 5.01 Å². The summed E-state index contributed by atoms with van der Waals surface area (Å²) in [5.41, 5.74) is 6.78. The Bertz CT molecular complexity index is 600. The van der Waals surface area contributed by atoms with Gasteiger partial charge in [0.2, 0.25) is 0 Å². The van der Waals surface area contributed by atoms with Crippen molar-refractivity contribution in [2.45, 2.75) is 26.3 Å². The van der Waals surface area contributed by atoms with E-state index in [2.05, 4.69) is 15.4 Å². The summed E-state index contributed by atoms with van der Waals surface area (Å²) in [4.78, 5) is 16.6. The van der Waals surface area contributed by atoms with E-state index in [0.29, 0.717) is 17.1 Å². The first-order valence-electron chi connectivity index (χ1n) is 5.84. The summed E-state index contributed by atoms with van der Waals surface area (Å²) in [6, 6.07) is 0. The van der Waals surface area contributed by atoms with Crippen molar-refractivity contribution in [2.24, 2.45) is 7.05 Å². The molecule has 0 saturated heterocycles. The second-order valence-corrected chi connectivity index (χ2v) is 5.78. The standard InChI is InChI=1S/C12H17N5OS/c1-7-8(13)9(17(4)16-7)10(18)15-12(2,3)11-14-5-6-19-11/h5-6H,13H2,1-4H3,(H,15,18). The number of hydrogen-bond donors (Lipinski definition) is 2. The molecule has 2 aromatic rings. The summed E-state index contributed by atoms with van der Waals surface area (Å²) in [5, 5.41) is 9.81. The van der Waals surface area contributed by atoms with Gasteiger partial charge in [-0.25, -0.2) is 4.98 Å². The fourth-order valence-electron chi connectivity index (χ4n) is 1.87. The zero-order valence-corrected chi connectivity index (χ0v) is 12.2. The molecule has 0 aliphatic heterocycles. The summed E-state index contributed by atoms with van der Waals surface area (Å²) in [6.45, 7) is 5.59. The molecular weight excluding hydrogens is 262 g/mol. The zero-order chi connectivity index (χ0) is 14.2. The highest BCUT2D eigenvalue weighted by Crippen LogP contribution is 2.23. The van der Waals surface area contributed by atoms with Crippen LogP contribution in [0.3, 0.4) is 0 Å². The maximum atomic E-state index is 12.3. The molecule has 0 radical (unpaired) electrons. The quantitative estimate of drug-likeness (QED) is 0.890. The van der Waals surface area contributed by atoms with Gasteiger partial charge in [0, 0.05) is 18.6 Å². The molecule has 2 heterocycles. The van der Waals surface area contributed by atoms with Crippen LogP contribution in [0.5, 0.6) is 0 Å². The van der Waals surface area contributed by atoms with Gasteiger partial charge in [-0.3, -0.25) is 9.48 Å². The predicted octanol–water partition coefficient (Wildman–Crippen LogP) is 1.43. The number of carbonyl (C=O) groups excluding carboxylic acids is 1. The second kappa shape index (κ2) is 4.65. The van der Waals surface area contributed by atoms with Crippen LogP contribution in [0.25, 0.3) is 0 Å². The lowest BCUT2D eigenvalue weighted by atomic mass is 10.1. The minimum atomic E-state index is -0.546. The molecular formula is C12H17N5OS. The van der Waals surface area contributed by atoms with E-state index >= 15 is 0 Å². The molecule has 0 saturated carbocycles. The molecule has 0 aliphatic rings. The van der Waals surface area contributed by atoms with Gasteiger partial charge >= 0.3 is 0 Å². The highest BCUT2D eigenvalue weighted by atomic mass is 32.1. The molecule has 3 N–H and O–H groups in total. The fraction of sp³-hybridized carbons (Fsp3) is 0.417. The molecule has 7 heteroatoms. The van der Waals surface area contributed by atoms with Crippen molar-refractivity contribution in [2.75, 3.05) is 5.73 Å². The van der Waals surface area contributed by atoms with Crippen molar-refractivity contribution in [1.82, 2.24) is 20.1 Å². The van der Waals surface area contributed by atoms with E-state index in [1.165, 1.54) is 16.0 Å². The number of carbonyl (C=O) groups is 1. The van der Waals surface area contributed by atoms with Gasteiger partial charge in [-0.2, -0.15) is 5.10 Å². The van der Waals surface area contributed by atoms with E-state index in [-0.39, 0.29) is 5.91 Å². The van der Waals surface area contributed by atoms with Gasteiger partial charge in [-0.05, 0) is 20.8 Å². The first-order valence-corrected chi connectivity index (χ1v) is 6.72. The van der Waals surface area contributed by atoms with Gasteiger partial charge in [0.25, 0.3) is 5.91 Å². The summed E-state index contributed by atoms with van der Waals surface area (Å²) in [7, 11) is 1.70. The minimum absolute atomic E-state index is 0.249. The highest BCUT2D eigenvalue weighted by molar-refractivity contribution is 7.09. The second-order valence-electron chi connectivity index (χ2n) is 4.89. The van der Waals surface area contributed by atoms with E-state index in [1.54, 1.807) is 20.2 Å². The van der Waals surface area contributed by atoms with Crippen LogP contribution in [0.2, 0.25) is 0 Å². The summed E-state index contributed by atoms with van der Waals surface area (Å²) in [5.74, 6) is -0.249. The average molecular weight is 279 g/mol. The van der Waals surface area contributed by atoms with Crippen LogP contribution < -0.4 is 11.1 Å². The normalized spacial score (nSPS) is 11.6. The summed E-state index contributed by atoms with van der Waals surface area (Å²) >= 11 is 1.50. The fourth-order valence-corrected chi connectivity index (χ4v) is 2.59. The molecule has 0 unspecified atom stereocenters. The van der Waals surface area contributed by atoms with Crippen LogP contribution in [0.4, 0.5) is 5.69 Å². The van der Waals surface area contributed by atoms with E-state index in [1.807, 2.05) is 19.2 Å². The monoisotopic (exact) mass is 279 g/mol. The largest absolute Gasteiger partial charge is 0.395 e. The van der Waals surface area contributed by atoms with E-state index < -0.39 is 5.54 Å². The Kier molecular flexibility index (Phi) is 3.32. The van der Waals surface area contributed by atoms with Crippen LogP contribution in [0, 0.1) is 6.92 Å². The molecule has 1 amide bonds. The van der Waals surface area contributed by atoms with Gasteiger partial charge in [0.15, 0.2) is 0 Å². The Morgan fingerprint density at radius 3 is 2.68 bits per heavy atom. The first kappa shape index (κ1) is 13.5. The first-order chi connectivity index (χ1) is 8.83. The maximum Gasteiger partial charge on any atom is 0.272 e. The molecule has 2 rings (SSSR count). The van der Waals surface area contributed by atoms with Crippen molar-refractivity contribution in [3.63, 3.8) is 0 Å². The molecule has 0 bridgehead atoms. The lowest BCUT2D eigenvalue weighted by Crippen LogP contribution is -2.41. The lowest BCUT2D eigenvalue weighted by Gasteiger charge is -2.23. The number of nitrogen functional groups attached to an aromatic ring is 1. The molecule has 0 atom stereocenters. The van der Waals surface area contributed by atoms with E-state index in [9.17, 15) is 4.79 Å². The number of nitrogens with one attached hydrogen (secondary N) is 1. The maximum absolute atomic E-state index is 12.3. The van der Waals surface area contributed by atoms with Crippen molar-refractivity contribution in [1.29, 1.82) is 0 Å². The lowest BCUT2D eigenvalue weighted by molar-refractivity contribution is 0.0903. The summed E-state index contributed by atoms with van der Waals surface area (Å²) < 4.78 is 1.50.